The Kier molecular flexibility index (Phi) is 4.21. The first-order chi connectivity index (χ1) is 9.60. The number of nitrogens with two attached hydrogens (primary N) is 2. The Bertz CT molecular complexity index is 609. The Balaban J connectivity index is 2.09. The Hall–Kier alpha value is -2.54. The molecule has 0 unspecified atom stereocenters. The minimum Gasteiger partial charge on any atom is -0.397 e. The van der Waals surface area contributed by atoms with Gasteiger partial charge in [0.25, 0.3) is 0 Å². The van der Waals surface area contributed by atoms with Crippen LogP contribution in [0.2, 0.25) is 0 Å². The molecule has 5 N–H and O–H groups in total. The van der Waals surface area contributed by atoms with Crippen LogP contribution in [-0.4, -0.2) is 29.4 Å². The summed E-state index contributed by atoms with van der Waals surface area (Å²) in [6.07, 6.45) is 3.54. The van der Waals surface area contributed by atoms with Crippen LogP contribution in [0.15, 0.2) is 30.6 Å². The fourth-order valence-electron chi connectivity index (χ4n) is 1.72. The average Bonchev–Trinajstić information content (AvgIpc) is 2.86. The highest BCUT2D eigenvalue weighted by Gasteiger charge is 2.06. The van der Waals surface area contributed by atoms with Crippen molar-refractivity contribution >= 4 is 23.0 Å². The number of rotatable bonds is 6. The molecule has 20 heavy (non-hydrogen) atoms. The third kappa shape index (κ3) is 3.27. The molecule has 106 valence electrons. The standard InChI is InChI=1S/C13H17N5O2/c1-20-5-4-18-8-10(7-16-18)17-12-3-2-9(13(15)19)6-11(12)14/h2-3,6-8,17H,4-5,14H2,1H3,(H2,15,19). The van der Waals surface area contributed by atoms with Crippen LogP contribution >= 0.6 is 0 Å². The predicted molar refractivity (Wildman–Crippen MR) is 76.8 cm³/mol. The van der Waals surface area contributed by atoms with Gasteiger partial charge in [-0.2, -0.15) is 5.10 Å². The third-order valence-corrected chi connectivity index (χ3v) is 2.77. The van der Waals surface area contributed by atoms with Crippen LogP contribution < -0.4 is 16.8 Å². The van der Waals surface area contributed by atoms with E-state index in [-0.39, 0.29) is 0 Å². The molecule has 1 aromatic heterocycles. The maximum Gasteiger partial charge on any atom is 0.248 e. The van der Waals surface area contributed by atoms with Crippen LogP contribution in [0.3, 0.4) is 0 Å². The molecule has 1 amide bonds. The molecular formula is C13H17N5O2. The zero-order valence-corrected chi connectivity index (χ0v) is 11.2. The van der Waals surface area contributed by atoms with Crippen molar-refractivity contribution in [2.24, 2.45) is 5.73 Å². The molecule has 7 nitrogen and oxygen atoms in total. The molecule has 0 aliphatic carbocycles. The average molecular weight is 275 g/mol. The molecule has 1 aromatic carbocycles. The number of benzene rings is 1. The van der Waals surface area contributed by atoms with Gasteiger partial charge in [-0.15, -0.1) is 0 Å². The van der Waals surface area contributed by atoms with Crippen molar-refractivity contribution in [1.29, 1.82) is 0 Å². The number of hydrogen-bond acceptors (Lipinski definition) is 5. The van der Waals surface area contributed by atoms with Crippen molar-refractivity contribution in [2.45, 2.75) is 6.54 Å². The van der Waals surface area contributed by atoms with Crippen molar-refractivity contribution < 1.29 is 9.53 Å². The number of aromatic nitrogens is 2. The number of nitrogen functional groups attached to an aromatic ring is 1. The maximum atomic E-state index is 11.0. The highest BCUT2D eigenvalue weighted by Crippen LogP contribution is 2.23. The van der Waals surface area contributed by atoms with Gasteiger partial charge in [0.1, 0.15) is 0 Å². The minimum absolute atomic E-state index is 0.379. The van der Waals surface area contributed by atoms with Crippen molar-refractivity contribution in [3.05, 3.63) is 36.2 Å². The lowest BCUT2D eigenvalue weighted by Gasteiger charge is -2.08. The van der Waals surface area contributed by atoms with E-state index in [1.165, 1.54) is 0 Å². The van der Waals surface area contributed by atoms with E-state index in [1.807, 2.05) is 6.20 Å². The molecule has 0 spiro atoms. The number of ether oxygens (including phenoxy) is 1. The summed E-state index contributed by atoms with van der Waals surface area (Å²) in [4.78, 5) is 11.0. The van der Waals surface area contributed by atoms with Gasteiger partial charge in [-0.1, -0.05) is 0 Å². The summed E-state index contributed by atoms with van der Waals surface area (Å²) in [5.74, 6) is -0.504. The second-order valence-electron chi connectivity index (χ2n) is 4.28. The van der Waals surface area contributed by atoms with Crippen LogP contribution in [0.25, 0.3) is 0 Å². The summed E-state index contributed by atoms with van der Waals surface area (Å²) in [5.41, 5.74) is 13.4. The van der Waals surface area contributed by atoms with Gasteiger partial charge in [-0.25, -0.2) is 0 Å². The Morgan fingerprint density at radius 1 is 1.50 bits per heavy atom. The Morgan fingerprint density at radius 3 is 2.95 bits per heavy atom. The van der Waals surface area contributed by atoms with E-state index in [0.29, 0.717) is 30.1 Å². The number of nitrogens with one attached hydrogen (secondary N) is 1. The zero-order chi connectivity index (χ0) is 14.5. The van der Waals surface area contributed by atoms with Crippen LogP contribution in [0.1, 0.15) is 10.4 Å². The largest absolute Gasteiger partial charge is 0.397 e. The molecule has 2 aromatic rings. The van der Waals surface area contributed by atoms with Gasteiger partial charge >= 0.3 is 0 Å². The van der Waals surface area contributed by atoms with Gasteiger partial charge in [0.05, 0.1) is 36.4 Å². The molecule has 2 rings (SSSR count). The van der Waals surface area contributed by atoms with E-state index < -0.39 is 5.91 Å². The molecule has 0 saturated carbocycles. The highest BCUT2D eigenvalue weighted by molar-refractivity contribution is 5.95. The zero-order valence-electron chi connectivity index (χ0n) is 11.2. The molecule has 1 heterocycles. The van der Waals surface area contributed by atoms with Gasteiger partial charge in [0, 0.05) is 18.9 Å². The van der Waals surface area contributed by atoms with Crippen LogP contribution in [0.5, 0.6) is 0 Å². The molecule has 0 aliphatic heterocycles. The first-order valence-electron chi connectivity index (χ1n) is 6.08. The van der Waals surface area contributed by atoms with Gasteiger partial charge < -0.3 is 21.5 Å². The summed E-state index contributed by atoms with van der Waals surface area (Å²) in [7, 11) is 1.64. The molecular weight excluding hydrogens is 258 g/mol. The number of nitrogens with zero attached hydrogens (tertiary/aromatic N) is 2. The molecule has 0 saturated heterocycles. The number of carbonyl (C=O) groups is 1. The Labute approximate surface area is 116 Å². The second-order valence-corrected chi connectivity index (χ2v) is 4.28. The Morgan fingerprint density at radius 2 is 2.30 bits per heavy atom. The number of hydrogen-bond donors (Lipinski definition) is 3. The smallest absolute Gasteiger partial charge is 0.248 e. The quantitative estimate of drug-likeness (QED) is 0.680. The van der Waals surface area contributed by atoms with E-state index in [0.717, 1.165) is 5.69 Å². The predicted octanol–water partition coefficient (Wildman–Crippen LogP) is 0.954. The molecule has 0 aliphatic rings. The maximum absolute atomic E-state index is 11.0. The SMILES string of the molecule is COCCn1cc(Nc2ccc(C(N)=O)cc2N)cn1. The van der Waals surface area contributed by atoms with Crippen LogP contribution in [-0.2, 0) is 11.3 Å². The number of carbonyl (C=O) groups excluding carboxylic acids is 1. The number of anilines is 3. The van der Waals surface area contributed by atoms with Crippen molar-refractivity contribution in [3.63, 3.8) is 0 Å². The van der Waals surface area contributed by atoms with Gasteiger partial charge in [0.2, 0.25) is 5.91 Å². The van der Waals surface area contributed by atoms with Gasteiger partial charge in [-0.05, 0) is 18.2 Å². The normalized spacial score (nSPS) is 10.4. The van der Waals surface area contributed by atoms with Gasteiger partial charge in [-0.3, -0.25) is 9.48 Å². The second kappa shape index (κ2) is 6.07. The van der Waals surface area contributed by atoms with Crippen molar-refractivity contribution in [2.75, 3.05) is 24.8 Å². The lowest BCUT2D eigenvalue weighted by Crippen LogP contribution is -2.11. The van der Waals surface area contributed by atoms with E-state index in [2.05, 4.69) is 10.4 Å². The first kappa shape index (κ1) is 13.9. The lowest BCUT2D eigenvalue weighted by atomic mass is 10.1. The first-order valence-corrected chi connectivity index (χ1v) is 6.08. The van der Waals surface area contributed by atoms with E-state index >= 15 is 0 Å². The van der Waals surface area contributed by atoms with E-state index in [9.17, 15) is 4.79 Å². The summed E-state index contributed by atoms with van der Waals surface area (Å²) in [6.45, 7) is 1.27. The minimum atomic E-state index is -0.504. The molecule has 0 fully saturated rings. The van der Waals surface area contributed by atoms with Gasteiger partial charge in [0.15, 0.2) is 0 Å². The third-order valence-electron chi connectivity index (χ3n) is 2.77. The molecule has 0 radical (unpaired) electrons. The van der Waals surface area contributed by atoms with E-state index in [4.69, 9.17) is 16.2 Å². The summed E-state index contributed by atoms with van der Waals surface area (Å²) >= 11 is 0. The number of methoxy groups -OCH3 is 1. The lowest BCUT2D eigenvalue weighted by molar-refractivity contribution is 0.100. The van der Waals surface area contributed by atoms with Crippen LogP contribution in [0.4, 0.5) is 17.1 Å². The summed E-state index contributed by atoms with van der Waals surface area (Å²) in [6, 6.07) is 4.87. The molecule has 0 bridgehead atoms. The fraction of sp³-hybridized carbons (Fsp3) is 0.231. The van der Waals surface area contributed by atoms with E-state index in [1.54, 1.807) is 36.2 Å². The highest BCUT2D eigenvalue weighted by atomic mass is 16.5. The van der Waals surface area contributed by atoms with Crippen molar-refractivity contribution in [1.82, 2.24) is 9.78 Å². The summed E-state index contributed by atoms with van der Waals surface area (Å²) < 4.78 is 6.75. The summed E-state index contributed by atoms with van der Waals surface area (Å²) in [5, 5.41) is 7.32. The number of primary amides is 1. The van der Waals surface area contributed by atoms with Crippen LogP contribution in [0, 0.1) is 0 Å². The fourth-order valence-corrected chi connectivity index (χ4v) is 1.72. The number of amides is 1. The van der Waals surface area contributed by atoms with Crippen molar-refractivity contribution in [3.8, 4) is 0 Å². The molecule has 0 atom stereocenters. The molecule has 7 heteroatoms. The monoisotopic (exact) mass is 275 g/mol. The topological polar surface area (TPSA) is 108 Å².